The van der Waals surface area contributed by atoms with E-state index in [0.717, 1.165) is 0 Å². The van der Waals surface area contributed by atoms with Crippen molar-refractivity contribution in [1.29, 1.82) is 0 Å². The van der Waals surface area contributed by atoms with Crippen molar-refractivity contribution in [1.82, 2.24) is 0 Å². The normalized spacial score (nSPS) is 11.5. The van der Waals surface area contributed by atoms with Gasteiger partial charge in [-0.2, -0.15) is 0 Å². The summed E-state index contributed by atoms with van der Waals surface area (Å²) in [6.07, 6.45) is -0.803. The van der Waals surface area contributed by atoms with Crippen LogP contribution in [0.3, 0.4) is 0 Å². The number of rotatable bonds is 8. The molecular weight excluding hydrogens is 322 g/mol. The van der Waals surface area contributed by atoms with Gasteiger partial charge < -0.3 is 19.9 Å². The lowest BCUT2D eigenvalue weighted by Crippen LogP contribution is -2.25. The molecule has 0 aromatic heterocycles. The number of ketones is 1. The van der Waals surface area contributed by atoms with Gasteiger partial charge in [0.25, 0.3) is 0 Å². The molecule has 0 unspecified atom stereocenters. The van der Waals surface area contributed by atoms with Crippen LogP contribution in [-0.4, -0.2) is 36.1 Å². The number of amides is 1. The van der Waals surface area contributed by atoms with Crippen molar-refractivity contribution >= 4 is 17.4 Å². The molecule has 0 aliphatic rings. The molecule has 0 bridgehead atoms. The predicted molar refractivity (Wildman–Crippen MR) is 94.2 cm³/mol. The van der Waals surface area contributed by atoms with Crippen LogP contribution in [0.15, 0.2) is 48.5 Å². The maximum absolute atomic E-state index is 11.2. The lowest BCUT2D eigenvalue weighted by atomic mass is 10.1. The first-order valence-electron chi connectivity index (χ1n) is 7.86. The molecule has 0 spiro atoms. The first-order chi connectivity index (χ1) is 11.9. The van der Waals surface area contributed by atoms with Crippen molar-refractivity contribution in [3.05, 3.63) is 54.1 Å². The minimum absolute atomic E-state index is 0.00972. The molecule has 2 N–H and O–H groups in total. The molecule has 2 aromatic carbocycles. The van der Waals surface area contributed by atoms with E-state index in [1.165, 1.54) is 13.8 Å². The average molecular weight is 343 g/mol. The predicted octanol–water partition coefficient (Wildman–Crippen LogP) is 2.67. The number of hydrogen-bond acceptors (Lipinski definition) is 5. The maximum Gasteiger partial charge on any atom is 0.221 e. The van der Waals surface area contributed by atoms with Crippen LogP contribution in [0.5, 0.6) is 11.5 Å². The molecule has 1 amide bonds. The molecule has 0 saturated heterocycles. The minimum atomic E-state index is -0.803. The zero-order valence-electron chi connectivity index (χ0n) is 14.2. The molecular formula is C19H21NO5. The van der Waals surface area contributed by atoms with Crippen molar-refractivity contribution < 1.29 is 24.2 Å². The molecule has 25 heavy (non-hydrogen) atoms. The molecule has 6 heteroatoms. The highest BCUT2D eigenvalue weighted by Gasteiger charge is 2.07. The van der Waals surface area contributed by atoms with Gasteiger partial charge in [-0.15, -0.1) is 0 Å². The van der Waals surface area contributed by atoms with Crippen molar-refractivity contribution in [3.8, 4) is 11.5 Å². The molecule has 132 valence electrons. The summed E-state index contributed by atoms with van der Waals surface area (Å²) in [5.41, 5.74) is 1.29. The van der Waals surface area contributed by atoms with Crippen LogP contribution >= 0.6 is 0 Å². The van der Waals surface area contributed by atoms with E-state index in [1.54, 1.807) is 48.5 Å². The van der Waals surface area contributed by atoms with Gasteiger partial charge in [-0.25, -0.2) is 0 Å². The Morgan fingerprint density at radius 3 is 1.84 bits per heavy atom. The lowest BCUT2D eigenvalue weighted by Gasteiger charge is -2.14. The Kier molecular flexibility index (Phi) is 6.54. The molecule has 2 aromatic rings. The van der Waals surface area contributed by atoms with Crippen LogP contribution in [0.2, 0.25) is 0 Å². The lowest BCUT2D eigenvalue weighted by molar-refractivity contribution is -0.114. The van der Waals surface area contributed by atoms with Crippen LogP contribution in [0.1, 0.15) is 24.2 Å². The summed E-state index contributed by atoms with van der Waals surface area (Å²) in [7, 11) is 0. The van der Waals surface area contributed by atoms with Crippen LogP contribution in [0, 0.1) is 0 Å². The number of Topliss-reactive ketones (excluding diaryl/α,β-unsaturated/α-hetero) is 1. The molecule has 0 heterocycles. The van der Waals surface area contributed by atoms with Crippen molar-refractivity contribution in [3.63, 3.8) is 0 Å². The number of ether oxygens (including phenoxy) is 2. The second-order valence-electron chi connectivity index (χ2n) is 5.56. The summed E-state index contributed by atoms with van der Waals surface area (Å²) >= 11 is 0. The minimum Gasteiger partial charge on any atom is -0.491 e. The SMILES string of the molecule is CC(=O)Nc1ccc(OC[C@H](O)COc2ccc(C(C)=O)cc2)cc1. The Labute approximate surface area is 146 Å². The van der Waals surface area contributed by atoms with E-state index in [9.17, 15) is 14.7 Å². The second-order valence-corrected chi connectivity index (χ2v) is 5.56. The second kappa shape index (κ2) is 8.84. The van der Waals surface area contributed by atoms with Gasteiger partial charge in [0.15, 0.2) is 5.78 Å². The van der Waals surface area contributed by atoms with Gasteiger partial charge in [-0.3, -0.25) is 9.59 Å². The molecule has 2 rings (SSSR count). The van der Waals surface area contributed by atoms with Gasteiger partial charge in [0, 0.05) is 18.2 Å². The van der Waals surface area contributed by atoms with Gasteiger partial charge in [-0.05, 0) is 55.5 Å². The average Bonchev–Trinajstić information content (AvgIpc) is 2.59. The fourth-order valence-electron chi connectivity index (χ4n) is 2.06. The summed E-state index contributed by atoms with van der Waals surface area (Å²) in [6.45, 7) is 3.09. The Bertz CT molecular complexity index is 710. The third kappa shape index (κ3) is 6.27. The number of carbonyl (C=O) groups is 2. The first kappa shape index (κ1) is 18.5. The number of aliphatic hydroxyl groups is 1. The smallest absolute Gasteiger partial charge is 0.221 e. The molecule has 0 radical (unpaired) electrons. The number of benzene rings is 2. The third-order valence-electron chi connectivity index (χ3n) is 3.32. The van der Waals surface area contributed by atoms with Crippen molar-refractivity contribution in [2.75, 3.05) is 18.5 Å². The number of hydrogen-bond donors (Lipinski definition) is 2. The van der Waals surface area contributed by atoms with Gasteiger partial charge in [0.1, 0.15) is 30.8 Å². The monoisotopic (exact) mass is 343 g/mol. The van der Waals surface area contributed by atoms with Crippen LogP contribution in [0.4, 0.5) is 5.69 Å². The van der Waals surface area contributed by atoms with Gasteiger partial charge >= 0.3 is 0 Å². The zero-order valence-corrected chi connectivity index (χ0v) is 14.2. The van der Waals surface area contributed by atoms with E-state index in [0.29, 0.717) is 22.7 Å². The Balaban J connectivity index is 1.75. The Morgan fingerprint density at radius 2 is 1.40 bits per heavy atom. The maximum atomic E-state index is 11.2. The summed E-state index contributed by atoms with van der Waals surface area (Å²) in [5.74, 6) is 1.00. The van der Waals surface area contributed by atoms with E-state index in [2.05, 4.69) is 5.32 Å². The molecule has 0 fully saturated rings. The Hall–Kier alpha value is -2.86. The van der Waals surface area contributed by atoms with Crippen LogP contribution < -0.4 is 14.8 Å². The Morgan fingerprint density at radius 1 is 0.920 bits per heavy atom. The third-order valence-corrected chi connectivity index (χ3v) is 3.32. The molecule has 0 saturated carbocycles. The summed E-state index contributed by atoms with van der Waals surface area (Å²) in [4.78, 5) is 22.1. The highest BCUT2D eigenvalue weighted by molar-refractivity contribution is 5.94. The van der Waals surface area contributed by atoms with E-state index >= 15 is 0 Å². The number of carbonyl (C=O) groups excluding carboxylic acids is 2. The molecule has 1 atom stereocenters. The van der Waals surface area contributed by atoms with Gasteiger partial charge in [0.05, 0.1) is 0 Å². The van der Waals surface area contributed by atoms with Gasteiger partial charge in [-0.1, -0.05) is 0 Å². The van der Waals surface area contributed by atoms with Crippen LogP contribution in [-0.2, 0) is 4.79 Å². The molecule has 0 aliphatic carbocycles. The number of anilines is 1. The standard InChI is InChI=1S/C19H21NO5/c1-13(21)15-3-7-18(8-4-15)24-11-17(23)12-25-19-9-5-16(6-10-19)20-14(2)22/h3-10,17,23H,11-12H2,1-2H3,(H,20,22)/t17-/m1/s1. The quantitative estimate of drug-likeness (QED) is 0.720. The summed E-state index contributed by atoms with van der Waals surface area (Å²) in [6, 6.07) is 13.6. The topological polar surface area (TPSA) is 84.9 Å². The highest BCUT2D eigenvalue weighted by Crippen LogP contribution is 2.16. The van der Waals surface area contributed by atoms with E-state index in [-0.39, 0.29) is 24.9 Å². The largest absolute Gasteiger partial charge is 0.491 e. The molecule has 0 aliphatic heterocycles. The van der Waals surface area contributed by atoms with Crippen molar-refractivity contribution in [2.45, 2.75) is 20.0 Å². The highest BCUT2D eigenvalue weighted by atomic mass is 16.5. The van der Waals surface area contributed by atoms with E-state index < -0.39 is 6.10 Å². The fraction of sp³-hybridized carbons (Fsp3) is 0.263. The number of nitrogens with one attached hydrogen (secondary N) is 1. The number of aliphatic hydroxyl groups excluding tert-OH is 1. The molecule has 6 nitrogen and oxygen atoms in total. The van der Waals surface area contributed by atoms with E-state index in [4.69, 9.17) is 9.47 Å². The summed E-state index contributed by atoms with van der Waals surface area (Å²) in [5, 5.41) is 12.6. The first-order valence-corrected chi connectivity index (χ1v) is 7.86. The van der Waals surface area contributed by atoms with Crippen molar-refractivity contribution in [2.24, 2.45) is 0 Å². The van der Waals surface area contributed by atoms with E-state index in [1.807, 2.05) is 0 Å². The zero-order chi connectivity index (χ0) is 18.2. The summed E-state index contributed by atoms with van der Waals surface area (Å²) < 4.78 is 10.9. The van der Waals surface area contributed by atoms with Crippen LogP contribution in [0.25, 0.3) is 0 Å². The van der Waals surface area contributed by atoms with Gasteiger partial charge in [0.2, 0.25) is 5.91 Å². The fourth-order valence-corrected chi connectivity index (χ4v) is 2.06.